The number of fused-ring (bicyclic) bond motifs is 1. The van der Waals surface area contributed by atoms with Gasteiger partial charge in [0.25, 0.3) is 0 Å². The number of benzene rings is 3. The van der Waals surface area contributed by atoms with E-state index in [1.165, 1.54) is 6.20 Å². The van der Waals surface area contributed by atoms with Crippen LogP contribution in [0.1, 0.15) is 41.7 Å². The van der Waals surface area contributed by atoms with Crippen molar-refractivity contribution < 1.29 is 24.1 Å². The van der Waals surface area contributed by atoms with E-state index in [-0.39, 0.29) is 13.2 Å². The monoisotopic (exact) mass is 645 g/mol. The molecule has 2 heterocycles. The van der Waals surface area contributed by atoms with Gasteiger partial charge in [-0.3, -0.25) is 4.98 Å². The van der Waals surface area contributed by atoms with Gasteiger partial charge in [-0.05, 0) is 69.4 Å². The molecule has 0 fully saturated rings. The van der Waals surface area contributed by atoms with E-state index in [1.807, 2.05) is 50.2 Å². The lowest BCUT2D eigenvalue weighted by Crippen LogP contribution is -2.18. The molecule has 3 aromatic carbocycles. The minimum absolute atomic E-state index is 0.0375. The van der Waals surface area contributed by atoms with Crippen LogP contribution in [0.15, 0.2) is 71.5 Å². The van der Waals surface area contributed by atoms with Crippen LogP contribution < -0.4 is 24.3 Å². The number of ether oxygens (including phenoxy) is 4. The Hall–Kier alpha value is -4.10. The first kappa shape index (κ1) is 31.8. The fourth-order valence-electron chi connectivity index (χ4n) is 4.57. The molecule has 0 atom stereocenters. The summed E-state index contributed by atoms with van der Waals surface area (Å²) in [6.07, 6.45) is 3.20. The highest BCUT2D eigenvalue weighted by molar-refractivity contribution is 9.10. The first-order chi connectivity index (χ1) is 21.1. The summed E-state index contributed by atoms with van der Waals surface area (Å²) in [5.74, 6) is 2.80. The molecule has 0 spiro atoms. The quantitative estimate of drug-likeness (QED) is 0.173. The molecule has 2 N–H and O–H groups in total. The van der Waals surface area contributed by atoms with Gasteiger partial charge in [0.2, 0.25) is 0 Å². The van der Waals surface area contributed by atoms with Crippen LogP contribution in [0.2, 0.25) is 0 Å². The van der Waals surface area contributed by atoms with Gasteiger partial charge >= 0.3 is 0 Å². The number of nitrogens with zero attached hydrogens (tertiary/aromatic N) is 2. The summed E-state index contributed by atoms with van der Waals surface area (Å²) >= 11 is 3.65. The predicted molar refractivity (Wildman–Crippen MR) is 170 cm³/mol. The van der Waals surface area contributed by atoms with Crippen LogP contribution in [0.3, 0.4) is 0 Å². The van der Waals surface area contributed by atoms with Gasteiger partial charge in [-0.25, -0.2) is 0 Å². The second kappa shape index (κ2) is 15.9. The Kier molecular flexibility index (Phi) is 11.8. The molecule has 4 aromatic rings. The SMILES string of the molecule is CC.Cc1c(COc2cc(OCc3cncc(C#N)c3)c(CNCCO)cc2Br)cccc1-c1ccc2c(c1)OCCO2. The van der Waals surface area contributed by atoms with Gasteiger partial charge in [-0.2, -0.15) is 5.26 Å². The summed E-state index contributed by atoms with van der Waals surface area (Å²) < 4.78 is 24.7. The maximum absolute atomic E-state index is 9.19. The van der Waals surface area contributed by atoms with Gasteiger partial charge in [-0.15, -0.1) is 0 Å². The summed E-state index contributed by atoms with van der Waals surface area (Å²) in [6, 6.07) is 19.9. The van der Waals surface area contributed by atoms with Gasteiger partial charge in [0, 0.05) is 42.7 Å². The minimum Gasteiger partial charge on any atom is -0.488 e. The van der Waals surface area contributed by atoms with E-state index in [0.29, 0.717) is 50.0 Å². The average Bonchev–Trinajstić information content (AvgIpc) is 3.05. The summed E-state index contributed by atoms with van der Waals surface area (Å²) in [7, 11) is 0. The van der Waals surface area contributed by atoms with Gasteiger partial charge in [0.1, 0.15) is 44.0 Å². The number of pyridine rings is 1. The first-order valence-corrected chi connectivity index (χ1v) is 15.1. The molecule has 43 heavy (non-hydrogen) atoms. The van der Waals surface area contributed by atoms with E-state index in [1.54, 1.807) is 12.3 Å². The highest BCUT2D eigenvalue weighted by Crippen LogP contribution is 2.37. The fraction of sp³-hybridized carbons (Fsp3) is 0.294. The van der Waals surface area contributed by atoms with Crippen molar-refractivity contribution >= 4 is 15.9 Å². The Bertz CT molecular complexity index is 1570. The smallest absolute Gasteiger partial charge is 0.161 e. The molecule has 5 rings (SSSR count). The topological polar surface area (TPSA) is 106 Å². The third kappa shape index (κ3) is 8.26. The van der Waals surface area contributed by atoms with E-state index in [2.05, 4.69) is 51.4 Å². The van der Waals surface area contributed by atoms with E-state index < -0.39 is 0 Å². The summed E-state index contributed by atoms with van der Waals surface area (Å²) in [5.41, 5.74) is 6.50. The maximum Gasteiger partial charge on any atom is 0.161 e. The van der Waals surface area contributed by atoms with Crippen molar-refractivity contribution in [2.24, 2.45) is 0 Å². The number of aliphatic hydroxyl groups is 1. The van der Waals surface area contributed by atoms with E-state index in [9.17, 15) is 10.4 Å². The van der Waals surface area contributed by atoms with Crippen molar-refractivity contribution in [3.8, 4) is 40.2 Å². The van der Waals surface area contributed by atoms with Crippen molar-refractivity contribution in [1.29, 1.82) is 5.26 Å². The number of nitrogens with one attached hydrogen (secondary N) is 1. The van der Waals surface area contributed by atoms with Crippen molar-refractivity contribution in [2.75, 3.05) is 26.4 Å². The molecule has 0 radical (unpaired) electrons. The number of rotatable bonds is 11. The Balaban J connectivity index is 0.00000207. The molecule has 1 aliphatic heterocycles. The highest BCUT2D eigenvalue weighted by atomic mass is 79.9. The first-order valence-electron chi connectivity index (χ1n) is 14.3. The number of hydrogen-bond donors (Lipinski definition) is 2. The van der Waals surface area contributed by atoms with E-state index >= 15 is 0 Å². The Morgan fingerprint density at radius 3 is 2.53 bits per heavy atom. The number of aromatic nitrogens is 1. The third-order valence-corrected chi connectivity index (χ3v) is 7.34. The zero-order valence-corrected chi connectivity index (χ0v) is 26.2. The van der Waals surface area contributed by atoms with Crippen molar-refractivity contribution in [3.05, 3.63) is 99.3 Å². The summed E-state index contributed by atoms with van der Waals surface area (Å²) in [4.78, 5) is 4.12. The van der Waals surface area contributed by atoms with Crippen LogP contribution in [-0.2, 0) is 19.8 Å². The molecule has 1 aliphatic rings. The minimum atomic E-state index is 0.0375. The highest BCUT2D eigenvalue weighted by Gasteiger charge is 2.16. The number of halogens is 1. The molecule has 0 saturated carbocycles. The zero-order valence-electron chi connectivity index (χ0n) is 24.7. The molecule has 8 nitrogen and oxygen atoms in total. The third-order valence-electron chi connectivity index (χ3n) is 6.72. The molecule has 224 valence electrons. The van der Waals surface area contributed by atoms with Crippen LogP contribution in [0.5, 0.6) is 23.0 Å². The second-order valence-electron chi connectivity index (χ2n) is 9.51. The largest absolute Gasteiger partial charge is 0.488 e. The van der Waals surface area contributed by atoms with Crippen LogP contribution in [-0.4, -0.2) is 36.5 Å². The molecule has 0 aliphatic carbocycles. The Morgan fingerprint density at radius 2 is 1.74 bits per heavy atom. The maximum atomic E-state index is 9.19. The Labute approximate surface area is 261 Å². The number of nitriles is 1. The molecule has 9 heteroatoms. The van der Waals surface area contributed by atoms with Gasteiger partial charge in [0.15, 0.2) is 11.5 Å². The molecule has 0 bridgehead atoms. The Morgan fingerprint density at radius 1 is 0.953 bits per heavy atom. The molecular weight excluding hydrogens is 610 g/mol. The van der Waals surface area contributed by atoms with Crippen molar-refractivity contribution in [2.45, 2.75) is 40.5 Å². The van der Waals surface area contributed by atoms with Gasteiger partial charge < -0.3 is 29.4 Å². The van der Waals surface area contributed by atoms with Crippen LogP contribution in [0, 0.1) is 18.3 Å². The van der Waals surface area contributed by atoms with Crippen molar-refractivity contribution in [1.82, 2.24) is 10.3 Å². The standard InChI is InChI=1S/C32H30BrN3O5.C2H6/c1-21-25(3-2-4-27(21)24-5-6-29-32(13-24)39-10-9-38-29)20-41-31-14-30(26(12-28(31)33)18-35-7-8-37)40-19-23-11-22(15-34)16-36-17-23;1-2/h2-6,11-14,16-17,35,37H,7-10,18-20H2,1H3;1-2H3. The zero-order chi connectivity index (χ0) is 30.6. The molecular formula is C34H36BrN3O5. The van der Waals surface area contributed by atoms with E-state index in [4.69, 9.17) is 18.9 Å². The molecule has 0 unspecified atom stereocenters. The lowest BCUT2D eigenvalue weighted by molar-refractivity contribution is 0.171. The predicted octanol–water partition coefficient (Wildman–Crippen LogP) is 6.73. The van der Waals surface area contributed by atoms with Crippen LogP contribution in [0.25, 0.3) is 11.1 Å². The lowest BCUT2D eigenvalue weighted by Gasteiger charge is -2.20. The fourth-order valence-corrected chi connectivity index (χ4v) is 5.07. The van der Waals surface area contributed by atoms with Crippen molar-refractivity contribution in [3.63, 3.8) is 0 Å². The lowest BCUT2D eigenvalue weighted by atomic mass is 9.96. The summed E-state index contributed by atoms with van der Waals surface area (Å²) in [5, 5.41) is 21.6. The number of hydrogen-bond acceptors (Lipinski definition) is 8. The molecule has 0 saturated heterocycles. The summed E-state index contributed by atoms with van der Waals surface area (Å²) in [6.45, 7) is 8.80. The number of aliphatic hydroxyl groups excluding tert-OH is 1. The van der Waals surface area contributed by atoms with Crippen LogP contribution >= 0.6 is 15.9 Å². The van der Waals surface area contributed by atoms with Gasteiger partial charge in [0.05, 0.1) is 16.6 Å². The second-order valence-corrected chi connectivity index (χ2v) is 10.4. The average molecular weight is 647 g/mol. The molecule has 1 aromatic heterocycles. The van der Waals surface area contributed by atoms with Crippen LogP contribution in [0.4, 0.5) is 0 Å². The van der Waals surface area contributed by atoms with E-state index in [0.717, 1.165) is 49.4 Å². The normalized spacial score (nSPS) is 11.6. The van der Waals surface area contributed by atoms with Gasteiger partial charge in [-0.1, -0.05) is 38.1 Å². The molecule has 0 amide bonds.